The number of fused-ring (bicyclic) bond motifs is 2. The molecule has 8 nitrogen and oxygen atoms in total. The molecule has 4 heterocycles. The second kappa shape index (κ2) is 11.3. The van der Waals surface area contributed by atoms with Gasteiger partial charge in [0.15, 0.2) is 5.78 Å². The lowest BCUT2D eigenvalue weighted by Crippen LogP contribution is -2.45. The van der Waals surface area contributed by atoms with Gasteiger partial charge in [0.05, 0.1) is 0 Å². The Morgan fingerprint density at radius 3 is 2.58 bits per heavy atom. The molecule has 2 N–H and O–H groups in total. The molecule has 4 aromatic rings. The number of nitrogens with zero attached hydrogens (tertiary/aromatic N) is 4. The average Bonchev–Trinajstić information content (AvgIpc) is 2.98. The van der Waals surface area contributed by atoms with Crippen LogP contribution >= 0.6 is 11.8 Å². The fourth-order valence-corrected chi connectivity index (χ4v) is 7.39. The third-order valence-electron chi connectivity index (χ3n) is 8.42. The predicted molar refractivity (Wildman–Crippen MR) is 177 cm³/mol. The maximum atomic E-state index is 14.3. The van der Waals surface area contributed by atoms with E-state index in [9.17, 15) is 9.59 Å². The van der Waals surface area contributed by atoms with E-state index in [1.54, 1.807) is 22.5 Å². The Kier molecular flexibility index (Phi) is 7.64. The van der Waals surface area contributed by atoms with Crippen LogP contribution in [-0.4, -0.2) is 51.2 Å². The van der Waals surface area contributed by atoms with Gasteiger partial charge >= 0.3 is 0 Å². The Morgan fingerprint density at radius 2 is 1.86 bits per heavy atom. The first-order valence-corrected chi connectivity index (χ1v) is 15.6. The van der Waals surface area contributed by atoms with Crippen LogP contribution in [0.5, 0.6) is 0 Å². The summed E-state index contributed by atoms with van der Waals surface area (Å²) >= 11 is 1.61. The first-order chi connectivity index (χ1) is 20.5. The first kappa shape index (κ1) is 29.1. The van der Waals surface area contributed by atoms with Gasteiger partial charge in [-0.2, -0.15) is 4.98 Å². The molecule has 2 aromatic heterocycles. The van der Waals surface area contributed by atoms with Gasteiger partial charge in [-0.25, -0.2) is 4.98 Å². The number of hydrogen-bond donors (Lipinski definition) is 2. The molecule has 0 aliphatic carbocycles. The molecule has 6 rings (SSSR count). The van der Waals surface area contributed by atoms with E-state index in [1.807, 2.05) is 64.1 Å². The minimum Gasteiger partial charge on any atom is -0.369 e. The predicted octanol–water partition coefficient (Wildman–Crippen LogP) is 6.23. The quantitative estimate of drug-likeness (QED) is 0.272. The average molecular weight is 595 g/mol. The van der Waals surface area contributed by atoms with Crippen molar-refractivity contribution in [2.45, 2.75) is 50.3 Å². The minimum absolute atomic E-state index is 0.0537. The Balaban J connectivity index is 1.47. The number of aryl methyl sites for hydroxylation is 1. The van der Waals surface area contributed by atoms with Gasteiger partial charge in [0.25, 0.3) is 5.56 Å². The van der Waals surface area contributed by atoms with Gasteiger partial charge in [0.2, 0.25) is 5.95 Å². The van der Waals surface area contributed by atoms with Crippen LogP contribution in [0, 0.1) is 12.8 Å². The van der Waals surface area contributed by atoms with Gasteiger partial charge in [0, 0.05) is 69.9 Å². The summed E-state index contributed by atoms with van der Waals surface area (Å²) < 4.78 is 0.977. The third kappa shape index (κ3) is 5.36. The lowest BCUT2D eigenvalue weighted by atomic mass is 9.91. The van der Waals surface area contributed by atoms with Crippen LogP contribution in [0.3, 0.4) is 0 Å². The van der Waals surface area contributed by atoms with Gasteiger partial charge in [-0.15, -0.1) is 11.8 Å². The zero-order valence-electron chi connectivity index (χ0n) is 25.4. The van der Waals surface area contributed by atoms with E-state index >= 15 is 0 Å². The monoisotopic (exact) mass is 594 g/mol. The SMILES string of the molecule is C=C(c1cc2cnc(Nc3ccc(N4CCNCC4)c(C)c3)nc2n(C2C(=O)c3ccccc3SC2(C)C)c1=O)C(C)C. The smallest absolute Gasteiger partial charge is 0.260 e. The van der Waals surface area contributed by atoms with Crippen molar-refractivity contribution in [1.29, 1.82) is 0 Å². The van der Waals surface area contributed by atoms with E-state index in [4.69, 9.17) is 4.98 Å². The summed E-state index contributed by atoms with van der Waals surface area (Å²) in [5.41, 5.74) is 5.21. The van der Waals surface area contributed by atoms with E-state index < -0.39 is 10.8 Å². The van der Waals surface area contributed by atoms with Gasteiger partial charge in [-0.1, -0.05) is 38.6 Å². The number of Topliss-reactive ketones (excluding diaryl/α,β-unsaturated/α-hetero) is 1. The second-order valence-electron chi connectivity index (χ2n) is 12.2. The Labute approximate surface area is 256 Å². The summed E-state index contributed by atoms with van der Waals surface area (Å²) in [6.45, 7) is 18.3. The number of benzene rings is 2. The summed E-state index contributed by atoms with van der Waals surface area (Å²) in [6, 6.07) is 14.9. The molecule has 2 aliphatic rings. The standard InChI is InChI=1S/C34H38N6O2S/c1-20(2)22(4)26-18-23-19-36-33(37-24-11-12-27(21(3)17-24)39-15-13-35-14-16-39)38-31(23)40(32(26)42)30-29(41)25-9-7-8-10-28(25)43-34(30,5)6/h7-12,17-20,30,35H,4,13-16H2,1-3,5-6H3,(H,36,37,38). The van der Waals surface area contributed by atoms with E-state index in [1.165, 1.54) is 5.69 Å². The zero-order chi connectivity index (χ0) is 30.5. The Bertz CT molecular complexity index is 1800. The highest BCUT2D eigenvalue weighted by atomic mass is 32.2. The van der Waals surface area contributed by atoms with E-state index in [0.29, 0.717) is 28.1 Å². The van der Waals surface area contributed by atoms with Crippen molar-refractivity contribution in [3.8, 4) is 0 Å². The van der Waals surface area contributed by atoms with Crippen LogP contribution in [0.2, 0.25) is 0 Å². The van der Waals surface area contributed by atoms with Crippen LogP contribution in [0.25, 0.3) is 16.6 Å². The molecular formula is C34H38N6O2S. The third-order valence-corrected chi connectivity index (χ3v) is 9.74. The van der Waals surface area contributed by atoms with Crippen molar-refractivity contribution in [1.82, 2.24) is 19.9 Å². The van der Waals surface area contributed by atoms with Crippen LogP contribution in [0.4, 0.5) is 17.3 Å². The number of nitrogens with one attached hydrogen (secondary N) is 2. The second-order valence-corrected chi connectivity index (χ2v) is 13.9. The molecule has 1 saturated heterocycles. The van der Waals surface area contributed by atoms with Crippen molar-refractivity contribution in [2.24, 2.45) is 5.92 Å². The van der Waals surface area contributed by atoms with Gasteiger partial charge in [-0.3, -0.25) is 14.2 Å². The maximum absolute atomic E-state index is 14.3. The number of rotatable bonds is 6. The summed E-state index contributed by atoms with van der Waals surface area (Å²) in [5.74, 6) is 0.319. The molecule has 0 amide bonds. The minimum atomic E-state index is -0.773. The molecule has 1 unspecified atom stereocenters. The van der Waals surface area contributed by atoms with Crippen molar-refractivity contribution in [2.75, 3.05) is 36.4 Å². The largest absolute Gasteiger partial charge is 0.369 e. The highest BCUT2D eigenvalue weighted by Gasteiger charge is 2.44. The summed E-state index contributed by atoms with van der Waals surface area (Å²) in [5, 5.41) is 7.42. The molecule has 0 bridgehead atoms. The van der Waals surface area contributed by atoms with Gasteiger partial charge in [-0.05, 0) is 68.2 Å². The number of hydrogen-bond acceptors (Lipinski definition) is 8. The Morgan fingerprint density at radius 1 is 1.12 bits per heavy atom. The molecule has 0 saturated carbocycles. The Hall–Kier alpha value is -3.95. The molecule has 9 heteroatoms. The summed E-state index contributed by atoms with van der Waals surface area (Å²) in [6.07, 6.45) is 1.72. The summed E-state index contributed by atoms with van der Waals surface area (Å²) in [7, 11) is 0. The highest BCUT2D eigenvalue weighted by Crippen LogP contribution is 2.48. The molecule has 0 radical (unpaired) electrons. The molecule has 2 aliphatic heterocycles. The number of aromatic nitrogens is 3. The number of pyridine rings is 1. The number of ketones is 1. The number of thioether (sulfide) groups is 1. The van der Waals surface area contributed by atoms with Crippen LogP contribution in [0.1, 0.15) is 55.2 Å². The lowest BCUT2D eigenvalue weighted by molar-refractivity contribution is 0.0897. The topological polar surface area (TPSA) is 92.2 Å². The highest BCUT2D eigenvalue weighted by molar-refractivity contribution is 8.00. The number of piperazine rings is 1. The van der Waals surface area contributed by atoms with Gasteiger partial charge in [0.1, 0.15) is 11.7 Å². The van der Waals surface area contributed by atoms with Crippen molar-refractivity contribution < 1.29 is 4.79 Å². The van der Waals surface area contributed by atoms with Crippen LogP contribution in [0.15, 0.2) is 71.0 Å². The maximum Gasteiger partial charge on any atom is 0.260 e. The molecule has 222 valence electrons. The molecule has 1 fully saturated rings. The number of carbonyl (C=O) groups excluding carboxylic acids is 1. The summed E-state index contributed by atoms with van der Waals surface area (Å²) in [4.78, 5) is 41.3. The first-order valence-electron chi connectivity index (χ1n) is 14.8. The van der Waals surface area contributed by atoms with Crippen molar-refractivity contribution in [3.05, 3.63) is 88.4 Å². The fourth-order valence-electron chi connectivity index (χ4n) is 6.07. The molecule has 43 heavy (non-hydrogen) atoms. The molecular weight excluding hydrogens is 556 g/mol. The zero-order valence-corrected chi connectivity index (χ0v) is 26.2. The van der Waals surface area contributed by atoms with Crippen molar-refractivity contribution in [3.63, 3.8) is 0 Å². The number of anilines is 3. The fraction of sp³-hybridized carbons (Fsp3) is 0.353. The van der Waals surface area contributed by atoms with E-state index in [-0.39, 0.29) is 17.3 Å². The number of allylic oxidation sites excluding steroid dienone is 1. The van der Waals surface area contributed by atoms with Gasteiger partial charge < -0.3 is 15.5 Å². The van der Waals surface area contributed by atoms with Crippen LogP contribution in [-0.2, 0) is 0 Å². The molecule has 2 aromatic carbocycles. The molecule has 0 spiro atoms. The van der Waals surface area contributed by atoms with E-state index in [2.05, 4.69) is 46.2 Å². The van der Waals surface area contributed by atoms with E-state index in [0.717, 1.165) is 47.9 Å². The number of carbonyl (C=O) groups is 1. The molecule has 1 atom stereocenters. The van der Waals surface area contributed by atoms with Crippen LogP contribution < -0.4 is 21.1 Å². The lowest BCUT2D eigenvalue weighted by Gasteiger charge is -2.39. The van der Waals surface area contributed by atoms with Crippen molar-refractivity contribution >= 4 is 51.5 Å². The normalized spacial score (nSPS) is 18.1.